The van der Waals surface area contributed by atoms with Crippen LogP contribution in [-0.4, -0.2) is 45.7 Å². The third-order valence-corrected chi connectivity index (χ3v) is 9.24. The first-order chi connectivity index (χ1) is 21.6. The molecule has 7 rings (SSSR count). The van der Waals surface area contributed by atoms with Crippen LogP contribution >= 0.6 is 0 Å². The van der Waals surface area contributed by atoms with Gasteiger partial charge in [-0.05, 0) is 80.3 Å². The number of rotatable bonds is 10. The van der Waals surface area contributed by atoms with Crippen molar-refractivity contribution in [2.24, 2.45) is 0 Å². The van der Waals surface area contributed by atoms with Crippen LogP contribution in [0.15, 0.2) is 63.7 Å². The maximum Gasteiger partial charge on any atom is 0.573 e. The molecule has 0 radical (unpaired) electrons. The number of aromatic carboxylic acids is 1. The smallest absolute Gasteiger partial charge is 0.475 e. The van der Waals surface area contributed by atoms with Crippen LogP contribution in [0.1, 0.15) is 77.4 Å². The third-order valence-electron chi connectivity index (χ3n) is 9.24. The van der Waals surface area contributed by atoms with Crippen LogP contribution in [0.3, 0.4) is 0 Å². The normalized spacial score (nSPS) is 21.7. The molecule has 11 heteroatoms. The Bertz CT molecular complexity index is 1690. The van der Waals surface area contributed by atoms with Crippen LogP contribution in [-0.2, 0) is 17.9 Å². The molecule has 0 spiro atoms. The number of hydrogen-bond donors (Lipinski definition) is 1. The van der Waals surface area contributed by atoms with E-state index in [9.17, 15) is 23.1 Å². The highest BCUT2D eigenvalue weighted by Gasteiger charge is 2.43. The Kier molecular flexibility index (Phi) is 7.69. The quantitative estimate of drug-likeness (QED) is 0.190. The van der Waals surface area contributed by atoms with Crippen molar-refractivity contribution in [1.29, 1.82) is 0 Å². The highest BCUT2D eigenvalue weighted by molar-refractivity contribution is 5.93. The van der Waals surface area contributed by atoms with Crippen molar-refractivity contribution in [3.63, 3.8) is 0 Å². The molecule has 236 valence electrons. The van der Waals surface area contributed by atoms with Crippen molar-refractivity contribution in [3.05, 3.63) is 83.0 Å². The van der Waals surface area contributed by atoms with Crippen molar-refractivity contribution in [3.8, 4) is 28.1 Å². The number of piperidine rings is 1. The lowest BCUT2D eigenvalue weighted by Gasteiger charge is -2.39. The number of furan rings is 1. The van der Waals surface area contributed by atoms with Crippen LogP contribution < -0.4 is 4.74 Å². The Morgan fingerprint density at radius 2 is 1.78 bits per heavy atom. The number of fused-ring (bicyclic) bond motifs is 2. The highest BCUT2D eigenvalue weighted by atomic mass is 19.4. The summed E-state index contributed by atoms with van der Waals surface area (Å²) in [5.74, 6) is -0.450. The van der Waals surface area contributed by atoms with E-state index in [4.69, 9.17) is 13.7 Å². The zero-order valence-electron chi connectivity index (χ0n) is 24.7. The lowest BCUT2D eigenvalue weighted by atomic mass is 9.96. The summed E-state index contributed by atoms with van der Waals surface area (Å²) in [7, 11) is 0. The van der Waals surface area contributed by atoms with Gasteiger partial charge < -0.3 is 23.5 Å². The molecule has 2 aromatic heterocycles. The van der Waals surface area contributed by atoms with Crippen molar-refractivity contribution in [2.45, 2.75) is 89.1 Å². The topological polar surface area (TPSA) is 98.2 Å². The number of para-hydroxylation sites is 1. The lowest BCUT2D eigenvalue weighted by Crippen LogP contribution is -2.45. The number of benzene rings is 2. The number of ether oxygens (including phenoxy) is 2. The molecule has 45 heavy (non-hydrogen) atoms. The zero-order chi connectivity index (χ0) is 31.3. The molecule has 2 bridgehead atoms. The second-order valence-corrected chi connectivity index (χ2v) is 12.3. The summed E-state index contributed by atoms with van der Waals surface area (Å²) < 4.78 is 61.3. The Morgan fingerprint density at radius 1 is 1.02 bits per heavy atom. The molecule has 2 aromatic carbocycles. The maximum atomic E-state index is 13.2. The van der Waals surface area contributed by atoms with Crippen LogP contribution in [0.2, 0.25) is 0 Å². The van der Waals surface area contributed by atoms with Gasteiger partial charge in [0.2, 0.25) is 5.76 Å². The van der Waals surface area contributed by atoms with Crippen LogP contribution in [0.25, 0.3) is 22.4 Å². The molecule has 3 fully saturated rings. The summed E-state index contributed by atoms with van der Waals surface area (Å²) in [4.78, 5) is 14.0. The molecule has 8 nitrogen and oxygen atoms in total. The van der Waals surface area contributed by atoms with Gasteiger partial charge in [0.25, 0.3) is 0 Å². The number of carboxylic acid groups (broad SMARTS) is 1. The number of carboxylic acids is 1. The standard InChI is InChI=1S/C34H33F3N2O6/c1-19-14-20(6-11-25(19)26-12-13-42-32(26)33(40)41)18-43-24-15-22-9-10-23(16-24)39(22)17-28-30(38-45-31(28)21-7-8-21)27-4-2-3-5-29(27)44-34(35,36)37/h2-6,11-14,21-24H,7-10,15-18H2,1H3,(H,40,41). The van der Waals surface area contributed by atoms with E-state index in [1.807, 2.05) is 25.1 Å². The Labute approximate surface area is 257 Å². The number of carbonyl (C=O) groups is 1. The Hall–Kier alpha value is -4.09. The van der Waals surface area contributed by atoms with Gasteiger partial charge in [0, 0.05) is 41.2 Å². The number of hydrogen-bond acceptors (Lipinski definition) is 7. The van der Waals surface area contributed by atoms with Crippen LogP contribution in [0.5, 0.6) is 5.75 Å². The second kappa shape index (κ2) is 11.7. The average molecular weight is 623 g/mol. The fourth-order valence-corrected chi connectivity index (χ4v) is 7.05. The first kappa shape index (κ1) is 29.6. The van der Waals surface area contributed by atoms with Gasteiger partial charge in [-0.15, -0.1) is 13.2 Å². The first-order valence-electron chi connectivity index (χ1n) is 15.3. The van der Waals surface area contributed by atoms with E-state index in [0.717, 1.165) is 66.5 Å². The Morgan fingerprint density at radius 3 is 2.47 bits per heavy atom. The van der Waals surface area contributed by atoms with E-state index in [-0.39, 0.29) is 41.2 Å². The maximum absolute atomic E-state index is 13.2. The third kappa shape index (κ3) is 6.11. The predicted molar refractivity (Wildman–Crippen MR) is 157 cm³/mol. The summed E-state index contributed by atoms with van der Waals surface area (Å²) in [5, 5.41) is 13.7. The zero-order valence-corrected chi connectivity index (χ0v) is 24.7. The fraction of sp³-hybridized carbons (Fsp3) is 0.412. The van der Waals surface area contributed by atoms with E-state index >= 15 is 0 Å². The lowest BCUT2D eigenvalue weighted by molar-refractivity contribution is -0.274. The number of halogens is 3. The highest BCUT2D eigenvalue weighted by Crippen LogP contribution is 2.47. The molecule has 4 aromatic rings. The monoisotopic (exact) mass is 622 g/mol. The molecule has 2 aliphatic heterocycles. The first-order valence-corrected chi connectivity index (χ1v) is 15.3. The van der Waals surface area contributed by atoms with Gasteiger partial charge in [0.05, 0.1) is 19.0 Å². The van der Waals surface area contributed by atoms with E-state index in [2.05, 4.69) is 14.8 Å². The Balaban J connectivity index is 1.04. The van der Waals surface area contributed by atoms with Gasteiger partial charge >= 0.3 is 12.3 Å². The van der Waals surface area contributed by atoms with Crippen molar-refractivity contribution >= 4 is 5.97 Å². The molecular weight excluding hydrogens is 589 g/mol. The molecule has 3 aliphatic rings. The van der Waals surface area contributed by atoms with Crippen molar-refractivity contribution in [2.75, 3.05) is 0 Å². The molecular formula is C34H33F3N2O6. The van der Waals surface area contributed by atoms with Crippen LogP contribution in [0.4, 0.5) is 13.2 Å². The largest absolute Gasteiger partial charge is 0.573 e. The number of aromatic nitrogens is 1. The summed E-state index contributed by atoms with van der Waals surface area (Å²) in [6, 6.07) is 14.2. The van der Waals surface area contributed by atoms with E-state index in [0.29, 0.717) is 24.4 Å². The minimum absolute atomic E-state index is 0.0780. The second-order valence-electron chi connectivity index (χ2n) is 12.3. The molecule has 4 heterocycles. The van der Waals surface area contributed by atoms with Crippen LogP contribution in [0, 0.1) is 6.92 Å². The number of alkyl halides is 3. The van der Waals surface area contributed by atoms with E-state index in [1.165, 1.54) is 18.4 Å². The van der Waals surface area contributed by atoms with Crippen molar-refractivity contribution < 1.29 is 41.5 Å². The minimum atomic E-state index is -4.81. The van der Waals surface area contributed by atoms with E-state index < -0.39 is 12.3 Å². The van der Waals surface area contributed by atoms with Gasteiger partial charge in [-0.1, -0.05) is 35.5 Å². The van der Waals surface area contributed by atoms with Crippen molar-refractivity contribution in [1.82, 2.24) is 10.1 Å². The summed E-state index contributed by atoms with van der Waals surface area (Å²) in [6.07, 6.45) is 2.39. The molecule has 1 saturated carbocycles. The molecule has 2 unspecified atom stereocenters. The number of nitrogens with zero attached hydrogens (tertiary/aromatic N) is 2. The molecule has 1 N–H and O–H groups in total. The molecule has 1 aliphatic carbocycles. The van der Waals surface area contributed by atoms with Gasteiger partial charge in [0.1, 0.15) is 17.2 Å². The predicted octanol–water partition coefficient (Wildman–Crippen LogP) is 8.10. The fourth-order valence-electron chi connectivity index (χ4n) is 7.05. The molecule has 2 atom stereocenters. The van der Waals surface area contributed by atoms with Gasteiger partial charge in [-0.2, -0.15) is 0 Å². The van der Waals surface area contributed by atoms with Gasteiger partial charge in [0.15, 0.2) is 0 Å². The van der Waals surface area contributed by atoms with E-state index in [1.54, 1.807) is 18.2 Å². The number of aryl methyl sites for hydroxylation is 1. The molecule has 2 saturated heterocycles. The van der Waals surface area contributed by atoms with Gasteiger partial charge in [-0.3, -0.25) is 4.90 Å². The average Bonchev–Trinajstić information content (AvgIpc) is 3.48. The van der Waals surface area contributed by atoms with Gasteiger partial charge in [-0.25, -0.2) is 4.79 Å². The SMILES string of the molecule is Cc1cc(COC2CC3CCC(C2)N3Cc2c(-c3ccccc3OC(F)(F)F)noc2C2CC2)ccc1-c1ccoc1C(=O)O. The summed E-state index contributed by atoms with van der Waals surface area (Å²) in [5.41, 5.74) is 4.85. The minimum Gasteiger partial charge on any atom is -0.475 e. The summed E-state index contributed by atoms with van der Waals surface area (Å²) in [6.45, 7) is 2.94. The molecule has 0 amide bonds. The summed E-state index contributed by atoms with van der Waals surface area (Å²) >= 11 is 0.